The van der Waals surface area contributed by atoms with E-state index in [0.29, 0.717) is 4.88 Å². The van der Waals surface area contributed by atoms with Gasteiger partial charge >= 0.3 is 0 Å². The predicted molar refractivity (Wildman–Crippen MR) is 127 cm³/mol. The molecule has 0 fully saturated rings. The number of nitrogens with zero attached hydrogens (tertiary/aromatic N) is 4. The van der Waals surface area contributed by atoms with Crippen LogP contribution < -0.4 is 10.2 Å². The fraction of sp³-hybridized carbons (Fsp3) is 0.227. The number of aryl methyl sites for hydroxylation is 1. The molecule has 156 valence electrons. The lowest BCUT2D eigenvalue weighted by atomic mass is 10.1. The standard InChI is InChI=1S/C22H23N5OS.ClH/c1-4-26(5-2)16-8-10-17(11-9-16)27-24-19-13-15(3)18(14-20(19)25-27)23-22(28)21-7-6-12-29-21;/h6-14H,4-5H2,1-3H3,(H,23,28);1H. The Bertz CT molecular complexity index is 1130. The maximum atomic E-state index is 12.4. The summed E-state index contributed by atoms with van der Waals surface area (Å²) in [6.45, 7) is 8.20. The van der Waals surface area contributed by atoms with E-state index >= 15 is 0 Å². The molecule has 0 unspecified atom stereocenters. The number of aromatic nitrogens is 3. The summed E-state index contributed by atoms with van der Waals surface area (Å²) >= 11 is 1.42. The summed E-state index contributed by atoms with van der Waals surface area (Å²) in [4.78, 5) is 17.0. The van der Waals surface area contributed by atoms with E-state index in [1.807, 2.05) is 48.7 Å². The highest BCUT2D eigenvalue weighted by molar-refractivity contribution is 7.12. The minimum absolute atomic E-state index is 0. The van der Waals surface area contributed by atoms with Gasteiger partial charge in [-0.25, -0.2) is 0 Å². The van der Waals surface area contributed by atoms with Gasteiger partial charge in [-0.2, -0.15) is 4.80 Å². The van der Waals surface area contributed by atoms with Crippen LogP contribution in [-0.2, 0) is 0 Å². The van der Waals surface area contributed by atoms with Crippen molar-refractivity contribution < 1.29 is 4.79 Å². The Labute approximate surface area is 185 Å². The molecule has 0 bridgehead atoms. The first kappa shape index (κ1) is 21.8. The van der Waals surface area contributed by atoms with Gasteiger partial charge in [0, 0.05) is 24.5 Å². The van der Waals surface area contributed by atoms with Crippen molar-refractivity contribution in [2.45, 2.75) is 20.8 Å². The molecule has 0 saturated carbocycles. The lowest BCUT2D eigenvalue weighted by Crippen LogP contribution is -2.21. The molecule has 8 heteroatoms. The molecule has 2 heterocycles. The van der Waals surface area contributed by atoms with Crippen LogP contribution >= 0.6 is 23.7 Å². The van der Waals surface area contributed by atoms with Crippen molar-refractivity contribution in [2.24, 2.45) is 0 Å². The maximum absolute atomic E-state index is 12.4. The second-order valence-electron chi connectivity index (χ2n) is 6.77. The molecular weight excluding hydrogens is 418 g/mol. The van der Waals surface area contributed by atoms with Crippen LogP contribution in [0.2, 0.25) is 0 Å². The van der Waals surface area contributed by atoms with Crippen LogP contribution in [0.25, 0.3) is 16.7 Å². The van der Waals surface area contributed by atoms with Crippen LogP contribution in [0.3, 0.4) is 0 Å². The summed E-state index contributed by atoms with van der Waals surface area (Å²) in [6.07, 6.45) is 0. The molecule has 0 radical (unpaired) electrons. The van der Waals surface area contributed by atoms with Crippen LogP contribution in [0.1, 0.15) is 29.1 Å². The SMILES string of the molecule is CCN(CC)c1ccc(-n2nc3cc(C)c(NC(=O)c4cccs4)cc3n2)cc1.Cl. The van der Waals surface area contributed by atoms with Crippen molar-refractivity contribution in [3.63, 3.8) is 0 Å². The zero-order valence-corrected chi connectivity index (χ0v) is 18.8. The first-order valence-corrected chi connectivity index (χ1v) is 10.5. The number of amides is 1. The number of rotatable bonds is 6. The highest BCUT2D eigenvalue weighted by Crippen LogP contribution is 2.24. The van der Waals surface area contributed by atoms with E-state index in [2.05, 4.69) is 46.4 Å². The Morgan fingerprint density at radius 1 is 1.07 bits per heavy atom. The van der Waals surface area contributed by atoms with Crippen molar-refractivity contribution in [1.82, 2.24) is 15.0 Å². The van der Waals surface area contributed by atoms with Crippen molar-refractivity contribution in [2.75, 3.05) is 23.3 Å². The summed E-state index contributed by atoms with van der Waals surface area (Å²) in [5.41, 5.74) is 5.32. The van der Waals surface area contributed by atoms with Crippen molar-refractivity contribution in [1.29, 1.82) is 0 Å². The molecule has 0 aliphatic rings. The minimum atomic E-state index is -0.109. The number of carbonyl (C=O) groups is 1. The van der Waals surface area contributed by atoms with Crippen LogP contribution in [0.4, 0.5) is 11.4 Å². The summed E-state index contributed by atoms with van der Waals surface area (Å²) in [5.74, 6) is -0.109. The van der Waals surface area contributed by atoms with Crippen molar-refractivity contribution in [3.05, 3.63) is 64.4 Å². The number of thiophene rings is 1. The molecule has 0 aliphatic heterocycles. The van der Waals surface area contributed by atoms with Gasteiger partial charge in [0.25, 0.3) is 5.91 Å². The molecule has 0 aliphatic carbocycles. The lowest BCUT2D eigenvalue weighted by molar-refractivity contribution is 0.103. The van der Waals surface area contributed by atoms with Gasteiger partial charge in [0.2, 0.25) is 0 Å². The number of halogens is 1. The van der Waals surface area contributed by atoms with Crippen molar-refractivity contribution >= 4 is 52.1 Å². The highest BCUT2D eigenvalue weighted by atomic mass is 35.5. The average molecular weight is 442 g/mol. The minimum Gasteiger partial charge on any atom is -0.372 e. The summed E-state index contributed by atoms with van der Waals surface area (Å²) in [7, 11) is 0. The smallest absolute Gasteiger partial charge is 0.265 e. The first-order valence-electron chi connectivity index (χ1n) is 9.67. The second kappa shape index (κ2) is 9.28. The lowest BCUT2D eigenvalue weighted by Gasteiger charge is -2.20. The molecule has 2 aromatic carbocycles. The molecule has 30 heavy (non-hydrogen) atoms. The largest absolute Gasteiger partial charge is 0.372 e. The Kier molecular flexibility index (Phi) is 6.74. The van der Waals surface area contributed by atoms with Crippen LogP contribution in [0.15, 0.2) is 53.9 Å². The molecule has 6 nitrogen and oxygen atoms in total. The molecule has 0 spiro atoms. The first-order chi connectivity index (χ1) is 14.1. The van der Waals surface area contributed by atoms with Crippen molar-refractivity contribution in [3.8, 4) is 5.69 Å². The zero-order valence-electron chi connectivity index (χ0n) is 17.1. The number of carbonyl (C=O) groups excluding carboxylic acids is 1. The Morgan fingerprint density at radius 3 is 2.33 bits per heavy atom. The topological polar surface area (TPSA) is 63.1 Å². The van der Waals surface area contributed by atoms with Gasteiger partial charge in [-0.05, 0) is 74.2 Å². The second-order valence-corrected chi connectivity index (χ2v) is 7.71. The van der Waals surface area contributed by atoms with Gasteiger partial charge in [0.1, 0.15) is 11.0 Å². The van der Waals surface area contributed by atoms with Gasteiger partial charge in [-0.15, -0.1) is 33.9 Å². The van der Waals surface area contributed by atoms with Gasteiger partial charge in [-0.1, -0.05) is 6.07 Å². The van der Waals surface area contributed by atoms with Gasteiger partial charge in [0.05, 0.1) is 10.6 Å². The highest BCUT2D eigenvalue weighted by Gasteiger charge is 2.12. The Hall–Kier alpha value is -2.90. The molecule has 4 aromatic rings. The molecule has 1 N–H and O–H groups in total. The molecule has 0 atom stereocenters. The summed E-state index contributed by atoms with van der Waals surface area (Å²) in [6, 6.07) is 15.7. The van der Waals surface area contributed by atoms with E-state index in [4.69, 9.17) is 0 Å². The molecule has 0 saturated heterocycles. The van der Waals surface area contributed by atoms with E-state index in [1.165, 1.54) is 17.0 Å². The molecule has 4 rings (SSSR count). The number of nitrogens with one attached hydrogen (secondary N) is 1. The van der Waals surface area contributed by atoms with Crippen LogP contribution in [0.5, 0.6) is 0 Å². The quantitative estimate of drug-likeness (QED) is 0.440. The number of hydrogen-bond acceptors (Lipinski definition) is 5. The van der Waals surface area contributed by atoms with Crippen LogP contribution in [0, 0.1) is 6.92 Å². The van der Waals surface area contributed by atoms with E-state index < -0.39 is 0 Å². The van der Waals surface area contributed by atoms with E-state index in [1.54, 1.807) is 4.80 Å². The third-order valence-electron chi connectivity index (χ3n) is 4.93. The molecule has 1 amide bonds. The Morgan fingerprint density at radius 2 is 1.73 bits per heavy atom. The Balaban J connectivity index is 0.00000256. The predicted octanol–water partition coefficient (Wildman–Crippen LogP) is 5.31. The number of hydrogen-bond donors (Lipinski definition) is 1. The zero-order chi connectivity index (χ0) is 20.4. The maximum Gasteiger partial charge on any atom is 0.265 e. The fourth-order valence-corrected chi connectivity index (χ4v) is 3.91. The monoisotopic (exact) mass is 441 g/mol. The van der Waals surface area contributed by atoms with Gasteiger partial charge in [0.15, 0.2) is 0 Å². The third kappa shape index (κ3) is 4.32. The van der Waals surface area contributed by atoms with E-state index in [-0.39, 0.29) is 18.3 Å². The fourth-order valence-electron chi connectivity index (χ4n) is 3.30. The molecule has 2 aromatic heterocycles. The van der Waals surface area contributed by atoms with E-state index in [0.717, 1.165) is 41.1 Å². The van der Waals surface area contributed by atoms with E-state index in [9.17, 15) is 4.79 Å². The summed E-state index contributed by atoms with van der Waals surface area (Å²) < 4.78 is 0. The van der Waals surface area contributed by atoms with Crippen LogP contribution in [-0.4, -0.2) is 34.0 Å². The van der Waals surface area contributed by atoms with Gasteiger partial charge in [-0.3, -0.25) is 4.79 Å². The van der Waals surface area contributed by atoms with Gasteiger partial charge < -0.3 is 10.2 Å². The number of anilines is 2. The normalized spacial score (nSPS) is 10.6. The summed E-state index contributed by atoms with van der Waals surface area (Å²) in [5, 5.41) is 14.1. The number of benzene rings is 2. The average Bonchev–Trinajstić information content (AvgIpc) is 3.40. The third-order valence-corrected chi connectivity index (χ3v) is 5.80. The molecular formula is C22H24ClN5OS. The number of fused-ring (bicyclic) bond motifs is 1.